The topological polar surface area (TPSA) is 29.5 Å². The van der Waals surface area contributed by atoms with Crippen molar-refractivity contribution in [2.75, 3.05) is 47.9 Å². The zero-order chi connectivity index (χ0) is 12.2. The van der Waals surface area contributed by atoms with Gasteiger partial charge in [-0.25, -0.2) is 4.79 Å². The molecule has 0 atom stereocenters. The second-order valence-electron chi connectivity index (χ2n) is 5.08. The van der Waals surface area contributed by atoms with Crippen LogP contribution < -0.4 is 0 Å². The minimum atomic E-state index is -0.240. The van der Waals surface area contributed by atoms with E-state index in [2.05, 4.69) is 21.1 Å². The van der Waals surface area contributed by atoms with E-state index in [0.29, 0.717) is 12.2 Å². The molecule has 0 bridgehead atoms. The van der Waals surface area contributed by atoms with Gasteiger partial charge in [0, 0.05) is 19.8 Å². The molecule has 0 fully saturated rings. The number of carbonyl (C=O) groups is 1. The van der Waals surface area contributed by atoms with Crippen molar-refractivity contribution in [2.24, 2.45) is 0 Å². The van der Waals surface area contributed by atoms with E-state index in [9.17, 15) is 4.79 Å². The Bertz CT molecular complexity index is 313. The van der Waals surface area contributed by atoms with Crippen LogP contribution in [-0.2, 0) is 9.53 Å². The molecule has 0 aromatic rings. The minimum Gasteiger partial charge on any atom is -0.456 e. The zero-order valence-corrected chi connectivity index (χ0v) is 10.6. The summed E-state index contributed by atoms with van der Waals surface area (Å²) in [5, 5.41) is 0. The fourth-order valence-corrected chi connectivity index (χ4v) is 1.30. The van der Waals surface area contributed by atoms with E-state index in [-0.39, 0.29) is 5.97 Å². The lowest BCUT2D eigenvalue weighted by Crippen LogP contribution is -2.38. The van der Waals surface area contributed by atoms with Crippen LogP contribution in [0.2, 0.25) is 0 Å². The van der Waals surface area contributed by atoms with Gasteiger partial charge in [0.1, 0.15) is 13.2 Å². The van der Waals surface area contributed by atoms with E-state index >= 15 is 0 Å². The van der Waals surface area contributed by atoms with Crippen LogP contribution in [-0.4, -0.2) is 63.2 Å². The number of esters is 1. The van der Waals surface area contributed by atoms with Gasteiger partial charge in [0.25, 0.3) is 0 Å². The van der Waals surface area contributed by atoms with E-state index < -0.39 is 0 Å². The molecule has 0 aliphatic carbocycles. The Balaban J connectivity index is 2.39. The van der Waals surface area contributed by atoms with Gasteiger partial charge in [-0.2, -0.15) is 0 Å². The summed E-state index contributed by atoms with van der Waals surface area (Å²) >= 11 is 0. The second-order valence-corrected chi connectivity index (χ2v) is 5.08. The van der Waals surface area contributed by atoms with Gasteiger partial charge in [0.05, 0.1) is 26.7 Å². The highest BCUT2D eigenvalue weighted by Crippen LogP contribution is 2.07. The maximum absolute atomic E-state index is 11.7. The fourth-order valence-electron chi connectivity index (χ4n) is 1.30. The minimum absolute atomic E-state index is 0.240. The van der Waals surface area contributed by atoms with E-state index in [1.54, 1.807) is 0 Å². The molecule has 1 heterocycles. The van der Waals surface area contributed by atoms with Crippen molar-refractivity contribution in [3.8, 4) is 0 Å². The third-order valence-corrected chi connectivity index (χ3v) is 2.28. The molecule has 0 N–H and O–H groups in total. The molecular weight excluding hydrogens is 204 g/mol. The van der Waals surface area contributed by atoms with Crippen LogP contribution in [0.5, 0.6) is 0 Å². The number of hydrogen-bond donors (Lipinski definition) is 0. The Labute approximate surface area is 97.4 Å². The number of hydrogen-bond acceptors (Lipinski definition) is 3. The first-order valence-electron chi connectivity index (χ1n) is 5.45. The SMILES string of the molecule is CN1C=C(C(=O)OCC[N+](C)(C)C)C=CC1. The van der Waals surface area contributed by atoms with Crippen molar-refractivity contribution < 1.29 is 14.0 Å². The van der Waals surface area contributed by atoms with Crippen molar-refractivity contribution in [1.29, 1.82) is 0 Å². The summed E-state index contributed by atoms with van der Waals surface area (Å²) in [7, 11) is 8.15. The van der Waals surface area contributed by atoms with Crippen LogP contribution in [0, 0.1) is 0 Å². The molecule has 0 unspecified atom stereocenters. The van der Waals surface area contributed by atoms with Crippen molar-refractivity contribution in [2.45, 2.75) is 0 Å². The lowest BCUT2D eigenvalue weighted by Gasteiger charge is -2.23. The highest BCUT2D eigenvalue weighted by molar-refractivity contribution is 5.91. The smallest absolute Gasteiger partial charge is 0.339 e. The van der Waals surface area contributed by atoms with Gasteiger partial charge < -0.3 is 14.1 Å². The van der Waals surface area contributed by atoms with Crippen molar-refractivity contribution in [3.05, 3.63) is 23.9 Å². The number of likely N-dealkylation sites (N-methyl/N-ethyl adjacent to an activating group) is 2. The monoisotopic (exact) mass is 225 g/mol. The molecule has 0 amide bonds. The molecule has 4 heteroatoms. The summed E-state index contributed by atoms with van der Waals surface area (Å²) < 4.78 is 6.00. The molecule has 90 valence electrons. The lowest BCUT2D eigenvalue weighted by molar-refractivity contribution is -0.870. The van der Waals surface area contributed by atoms with Gasteiger partial charge in [-0.15, -0.1) is 0 Å². The Morgan fingerprint density at radius 2 is 2.19 bits per heavy atom. The summed E-state index contributed by atoms with van der Waals surface area (Å²) in [4.78, 5) is 13.6. The third kappa shape index (κ3) is 4.49. The molecule has 1 aliphatic heterocycles. The molecule has 0 saturated carbocycles. The first-order valence-corrected chi connectivity index (χ1v) is 5.45. The Hall–Kier alpha value is -1.29. The van der Waals surface area contributed by atoms with Crippen molar-refractivity contribution in [1.82, 2.24) is 4.90 Å². The predicted molar refractivity (Wildman–Crippen MR) is 63.7 cm³/mol. The average molecular weight is 225 g/mol. The van der Waals surface area contributed by atoms with E-state index in [1.165, 1.54) is 0 Å². The van der Waals surface area contributed by atoms with Gasteiger partial charge in [0.2, 0.25) is 0 Å². The molecular formula is C12H21N2O2+. The van der Waals surface area contributed by atoms with Gasteiger partial charge in [0.15, 0.2) is 0 Å². The van der Waals surface area contributed by atoms with Crippen LogP contribution in [0.4, 0.5) is 0 Å². The molecule has 0 saturated heterocycles. The van der Waals surface area contributed by atoms with Crippen LogP contribution in [0.25, 0.3) is 0 Å². The number of nitrogens with zero attached hydrogens (tertiary/aromatic N) is 2. The molecule has 0 aromatic heterocycles. The van der Waals surface area contributed by atoms with Gasteiger partial charge in [-0.3, -0.25) is 0 Å². The summed E-state index contributed by atoms with van der Waals surface area (Å²) in [6.07, 6.45) is 5.58. The molecule has 0 aromatic carbocycles. The van der Waals surface area contributed by atoms with Crippen molar-refractivity contribution >= 4 is 5.97 Å². The maximum Gasteiger partial charge on any atom is 0.339 e. The van der Waals surface area contributed by atoms with E-state index in [4.69, 9.17) is 4.74 Å². The summed E-state index contributed by atoms with van der Waals surface area (Å²) in [6, 6.07) is 0. The van der Waals surface area contributed by atoms with Crippen molar-refractivity contribution in [3.63, 3.8) is 0 Å². The van der Waals surface area contributed by atoms with E-state index in [1.807, 2.05) is 30.3 Å². The third-order valence-electron chi connectivity index (χ3n) is 2.28. The maximum atomic E-state index is 11.7. The molecule has 0 radical (unpaired) electrons. The Morgan fingerprint density at radius 3 is 2.75 bits per heavy atom. The standard InChI is InChI=1S/C12H21N2O2/c1-13-7-5-6-11(10-13)12(15)16-9-8-14(2,3)4/h5-6,10H,7-9H2,1-4H3/q+1. The van der Waals surface area contributed by atoms with Gasteiger partial charge in [-0.05, 0) is 6.08 Å². The quantitative estimate of drug-likeness (QED) is 0.519. The largest absolute Gasteiger partial charge is 0.456 e. The Kier molecular flexibility index (Phi) is 4.12. The second kappa shape index (κ2) is 5.16. The average Bonchev–Trinajstić information content (AvgIpc) is 2.15. The Morgan fingerprint density at radius 1 is 1.50 bits per heavy atom. The van der Waals surface area contributed by atoms with Gasteiger partial charge in [-0.1, -0.05) is 6.08 Å². The van der Waals surface area contributed by atoms with E-state index in [0.717, 1.165) is 17.6 Å². The number of ether oxygens (including phenoxy) is 1. The van der Waals surface area contributed by atoms with Crippen LogP contribution >= 0.6 is 0 Å². The summed E-state index contributed by atoms with van der Waals surface area (Å²) in [5.41, 5.74) is 0.621. The molecule has 1 aliphatic rings. The summed E-state index contributed by atoms with van der Waals surface area (Å²) in [5.74, 6) is -0.240. The van der Waals surface area contributed by atoms with Crippen LogP contribution in [0.15, 0.2) is 23.9 Å². The van der Waals surface area contributed by atoms with Gasteiger partial charge >= 0.3 is 5.97 Å². The number of quaternary nitrogens is 1. The summed E-state index contributed by atoms with van der Waals surface area (Å²) in [6.45, 7) is 2.12. The fraction of sp³-hybridized carbons (Fsp3) is 0.583. The molecule has 16 heavy (non-hydrogen) atoms. The molecule has 0 spiro atoms. The highest BCUT2D eigenvalue weighted by atomic mass is 16.5. The first kappa shape index (κ1) is 12.8. The predicted octanol–water partition coefficient (Wildman–Crippen LogP) is 0.621. The number of rotatable bonds is 4. The van der Waals surface area contributed by atoms with Crippen LogP contribution in [0.1, 0.15) is 0 Å². The zero-order valence-electron chi connectivity index (χ0n) is 10.6. The highest BCUT2D eigenvalue weighted by Gasteiger charge is 2.13. The number of carbonyl (C=O) groups excluding carboxylic acids is 1. The lowest BCUT2D eigenvalue weighted by atomic mass is 10.2. The molecule has 4 nitrogen and oxygen atoms in total. The molecule has 1 rings (SSSR count). The normalized spacial score (nSPS) is 16.0. The first-order chi connectivity index (χ1) is 7.38. The van der Waals surface area contributed by atoms with Crippen LogP contribution in [0.3, 0.4) is 0 Å².